The van der Waals surface area contributed by atoms with E-state index in [2.05, 4.69) is 5.10 Å². The van der Waals surface area contributed by atoms with Crippen LogP contribution in [0, 0.1) is 18.6 Å². The molecule has 0 spiro atoms. The minimum atomic E-state index is -1.04. The van der Waals surface area contributed by atoms with Crippen LogP contribution in [0.3, 0.4) is 0 Å². The number of carbonyl (C=O) groups excluding carboxylic acids is 1. The summed E-state index contributed by atoms with van der Waals surface area (Å²) < 4.78 is 29.2. The molecule has 2 heterocycles. The van der Waals surface area contributed by atoms with Crippen molar-refractivity contribution in [1.29, 1.82) is 0 Å². The number of hydrogen-bond acceptors (Lipinski definition) is 3. The highest BCUT2D eigenvalue weighted by molar-refractivity contribution is 5.94. The lowest BCUT2D eigenvalue weighted by molar-refractivity contribution is 0.0678. The third-order valence-corrected chi connectivity index (χ3v) is 4.55. The number of carbonyl (C=O) groups is 2. The van der Waals surface area contributed by atoms with Crippen LogP contribution in [0.15, 0.2) is 24.4 Å². The predicted octanol–water partition coefficient (Wildman–Crippen LogP) is 2.65. The third kappa shape index (κ3) is 3.11. The first-order chi connectivity index (χ1) is 11.9. The second kappa shape index (κ2) is 6.62. The molecule has 2 aromatic rings. The number of likely N-dealkylation sites (tertiary alicyclic amines) is 1. The van der Waals surface area contributed by atoms with Gasteiger partial charge < -0.3 is 10.0 Å². The second-order valence-electron chi connectivity index (χ2n) is 6.01. The molecule has 1 aliphatic heterocycles. The zero-order valence-corrected chi connectivity index (χ0v) is 13.6. The number of piperidine rings is 1. The molecule has 0 aliphatic carbocycles. The lowest BCUT2D eigenvalue weighted by atomic mass is 10.0. The second-order valence-corrected chi connectivity index (χ2v) is 6.01. The summed E-state index contributed by atoms with van der Waals surface area (Å²) in [6.45, 7) is 2.32. The molecule has 0 bridgehead atoms. The van der Waals surface area contributed by atoms with E-state index in [0.717, 1.165) is 12.1 Å². The van der Waals surface area contributed by atoms with Crippen molar-refractivity contribution in [2.45, 2.75) is 25.8 Å². The molecule has 0 unspecified atom stereocenters. The number of halogens is 2. The van der Waals surface area contributed by atoms with Crippen molar-refractivity contribution in [3.63, 3.8) is 0 Å². The summed E-state index contributed by atoms with van der Waals surface area (Å²) in [6, 6.07) is 3.28. The van der Waals surface area contributed by atoms with E-state index < -0.39 is 29.1 Å². The van der Waals surface area contributed by atoms with Gasteiger partial charge in [-0.3, -0.25) is 9.48 Å². The maximum absolute atomic E-state index is 13.8. The molecule has 3 rings (SSSR count). The average molecular weight is 349 g/mol. The summed E-state index contributed by atoms with van der Waals surface area (Å²) in [5.41, 5.74) is 0.161. The van der Waals surface area contributed by atoms with Crippen LogP contribution in [0.25, 0.3) is 0 Å². The Morgan fingerprint density at radius 2 is 1.80 bits per heavy atom. The van der Waals surface area contributed by atoms with E-state index in [9.17, 15) is 18.4 Å². The highest BCUT2D eigenvalue weighted by Crippen LogP contribution is 2.26. The summed E-state index contributed by atoms with van der Waals surface area (Å²) in [5, 5.41) is 13.2. The van der Waals surface area contributed by atoms with Gasteiger partial charge in [-0.15, -0.1) is 0 Å². The van der Waals surface area contributed by atoms with Crippen LogP contribution in [0.2, 0.25) is 0 Å². The maximum atomic E-state index is 13.8. The van der Waals surface area contributed by atoms with Crippen LogP contribution < -0.4 is 0 Å². The van der Waals surface area contributed by atoms with Gasteiger partial charge in [-0.1, -0.05) is 6.07 Å². The van der Waals surface area contributed by atoms with Crippen molar-refractivity contribution < 1.29 is 23.5 Å². The van der Waals surface area contributed by atoms with Crippen LogP contribution in [0.4, 0.5) is 8.78 Å². The van der Waals surface area contributed by atoms with Crippen molar-refractivity contribution in [1.82, 2.24) is 14.7 Å². The molecule has 25 heavy (non-hydrogen) atoms. The lowest BCUT2D eigenvalue weighted by Crippen LogP contribution is -2.40. The highest BCUT2D eigenvalue weighted by atomic mass is 19.1. The molecular weight excluding hydrogens is 332 g/mol. The molecule has 1 saturated heterocycles. The van der Waals surface area contributed by atoms with Crippen LogP contribution in [-0.2, 0) is 0 Å². The van der Waals surface area contributed by atoms with Crippen LogP contribution in [0.1, 0.15) is 45.3 Å². The topological polar surface area (TPSA) is 75.4 Å². The largest absolute Gasteiger partial charge is 0.478 e. The Bertz CT molecular complexity index is 806. The number of hydrogen-bond donors (Lipinski definition) is 1. The standard InChI is InChI=1S/C17H17F2N3O3/c1-10-12(17(24)25)9-20-22(10)11-5-7-21(8-6-11)16(23)15-13(18)3-2-4-14(15)19/h2-4,9,11H,5-8H2,1H3,(H,24,25). The monoisotopic (exact) mass is 349 g/mol. The molecule has 1 fully saturated rings. The van der Waals surface area contributed by atoms with Gasteiger partial charge in [0.05, 0.1) is 17.9 Å². The molecule has 6 nitrogen and oxygen atoms in total. The van der Waals surface area contributed by atoms with Gasteiger partial charge in [0.25, 0.3) is 5.91 Å². The number of rotatable bonds is 3. The van der Waals surface area contributed by atoms with E-state index in [4.69, 9.17) is 5.11 Å². The molecule has 1 aromatic heterocycles. The molecule has 0 atom stereocenters. The van der Waals surface area contributed by atoms with Gasteiger partial charge in [-0.2, -0.15) is 5.10 Å². The van der Waals surface area contributed by atoms with Crippen molar-refractivity contribution in [2.75, 3.05) is 13.1 Å². The summed E-state index contributed by atoms with van der Waals surface area (Å²) in [7, 11) is 0. The SMILES string of the molecule is Cc1c(C(=O)O)cnn1C1CCN(C(=O)c2c(F)cccc2F)CC1. The quantitative estimate of drug-likeness (QED) is 0.924. The molecule has 0 radical (unpaired) electrons. The van der Waals surface area contributed by atoms with Gasteiger partial charge in [0, 0.05) is 13.1 Å². The number of aromatic carboxylic acids is 1. The Labute approximate surface area is 142 Å². The van der Waals surface area contributed by atoms with Crippen molar-refractivity contribution >= 4 is 11.9 Å². The van der Waals surface area contributed by atoms with Gasteiger partial charge in [0.2, 0.25) is 0 Å². The highest BCUT2D eigenvalue weighted by Gasteiger charge is 2.29. The Kier molecular flexibility index (Phi) is 4.52. The summed E-state index contributed by atoms with van der Waals surface area (Å²) in [5.74, 6) is -3.45. The molecule has 132 valence electrons. The number of carboxylic acids is 1. The molecule has 8 heteroatoms. The molecule has 1 aromatic carbocycles. The first-order valence-corrected chi connectivity index (χ1v) is 7.91. The lowest BCUT2D eigenvalue weighted by Gasteiger charge is -2.32. The minimum absolute atomic E-state index is 0.0531. The van der Waals surface area contributed by atoms with Gasteiger partial charge in [-0.25, -0.2) is 13.6 Å². The van der Waals surface area contributed by atoms with E-state index in [-0.39, 0.29) is 11.6 Å². The molecule has 1 N–H and O–H groups in total. The van der Waals surface area contributed by atoms with Crippen molar-refractivity contribution in [3.05, 3.63) is 52.9 Å². The molecular formula is C17H17F2N3O3. The first kappa shape index (κ1) is 17.1. The van der Waals surface area contributed by atoms with Crippen LogP contribution in [0.5, 0.6) is 0 Å². The predicted molar refractivity (Wildman–Crippen MR) is 84.5 cm³/mol. The van der Waals surface area contributed by atoms with Gasteiger partial charge >= 0.3 is 5.97 Å². The zero-order chi connectivity index (χ0) is 18.1. The Morgan fingerprint density at radius 3 is 2.32 bits per heavy atom. The number of nitrogens with zero attached hydrogens (tertiary/aromatic N) is 3. The third-order valence-electron chi connectivity index (χ3n) is 4.55. The number of benzene rings is 1. The van der Waals surface area contributed by atoms with Gasteiger partial charge in [-0.05, 0) is 31.9 Å². The first-order valence-electron chi connectivity index (χ1n) is 7.91. The fourth-order valence-corrected chi connectivity index (χ4v) is 3.18. The number of aromatic nitrogens is 2. The number of amides is 1. The van der Waals surface area contributed by atoms with E-state index in [1.54, 1.807) is 11.6 Å². The Balaban J connectivity index is 1.72. The van der Waals surface area contributed by atoms with Crippen LogP contribution >= 0.6 is 0 Å². The van der Waals surface area contributed by atoms with E-state index in [0.29, 0.717) is 31.6 Å². The Hall–Kier alpha value is -2.77. The molecule has 0 saturated carbocycles. The Morgan fingerprint density at radius 1 is 1.20 bits per heavy atom. The maximum Gasteiger partial charge on any atom is 0.339 e. The number of carboxylic acid groups (broad SMARTS) is 1. The molecule has 1 amide bonds. The fourth-order valence-electron chi connectivity index (χ4n) is 3.18. The fraction of sp³-hybridized carbons (Fsp3) is 0.353. The zero-order valence-electron chi connectivity index (χ0n) is 13.6. The van der Waals surface area contributed by atoms with Gasteiger partial charge in [0.1, 0.15) is 22.8 Å². The molecule has 1 aliphatic rings. The van der Waals surface area contributed by atoms with E-state index in [1.165, 1.54) is 17.2 Å². The van der Waals surface area contributed by atoms with Crippen molar-refractivity contribution in [3.8, 4) is 0 Å². The average Bonchev–Trinajstić information content (AvgIpc) is 2.96. The summed E-state index contributed by atoms with van der Waals surface area (Å²) in [4.78, 5) is 24.9. The summed E-state index contributed by atoms with van der Waals surface area (Å²) in [6.07, 6.45) is 2.37. The van der Waals surface area contributed by atoms with Gasteiger partial charge in [0.15, 0.2) is 0 Å². The van der Waals surface area contributed by atoms with E-state index >= 15 is 0 Å². The normalized spacial score (nSPS) is 15.4. The van der Waals surface area contributed by atoms with Crippen LogP contribution in [-0.4, -0.2) is 44.8 Å². The van der Waals surface area contributed by atoms with Crippen molar-refractivity contribution in [2.24, 2.45) is 0 Å². The smallest absolute Gasteiger partial charge is 0.339 e. The minimum Gasteiger partial charge on any atom is -0.478 e. The summed E-state index contributed by atoms with van der Waals surface area (Å²) >= 11 is 0. The van der Waals surface area contributed by atoms with E-state index in [1.807, 2.05) is 0 Å².